The van der Waals surface area contributed by atoms with E-state index in [1.54, 1.807) is 13.8 Å². The Balaban J connectivity index is 1.33. The van der Waals surface area contributed by atoms with E-state index in [4.69, 9.17) is 23.7 Å². The van der Waals surface area contributed by atoms with Crippen molar-refractivity contribution in [3.05, 3.63) is 30.1 Å². The lowest BCUT2D eigenvalue weighted by molar-refractivity contribution is -0.231. The van der Waals surface area contributed by atoms with Gasteiger partial charge >= 0.3 is 0 Å². The molecule has 2 aromatic rings. The molecule has 4 heterocycles. The zero-order chi connectivity index (χ0) is 20.4. The Labute approximate surface area is 168 Å². The Morgan fingerprint density at radius 3 is 2.52 bits per heavy atom. The summed E-state index contributed by atoms with van der Waals surface area (Å²) in [7, 11) is 0. The fourth-order valence-corrected chi connectivity index (χ4v) is 4.18. The first-order chi connectivity index (χ1) is 13.7. The number of H-pyrrole nitrogens is 1. The Hall–Kier alpha value is -2.04. The van der Waals surface area contributed by atoms with Crippen LogP contribution in [0.25, 0.3) is 11.0 Å². The molecule has 1 aromatic heterocycles. The lowest BCUT2D eigenvalue weighted by Crippen LogP contribution is -2.59. The van der Waals surface area contributed by atoms with Gasteiger partial charge in [0.2, 0.25) is 0 Å². The second-order valence-corrected chi connectivity index (χ2v) is 8.51. The van der Waals surface area contributed by atoms with Crippen LogP contribution in [0.2, 0.25) is 0 Å². The van der Waals surface area contributed by atoms with E-state index in [0.717, 1.165) is 11.0 Å². The van der Waals surface area contributed by atoms with Gasteiger partial charge in [-0.05, 0) is 39.8 Å². The molecule has 1 aromatic carbocycles. The van der Waals surface area contributed by atoms with Crippen LogP contribution in [0.3, 0.4) is 0 Å². The van der Waals surface area contributed by atoms with Crippen molar-refractivity contribution >= 4 is 16.9 Å². The molecule has 2 N–H and O–H groups in total. The summed E-state index contributed by atoms with van der Waals surface area (Å²) in [5, 5.41) is 2.88. The first kappa shape index (κ1) is 19.0. The minimum atomic E-state index is -0.884. The number of hydrogen-bond donors (Lipinski definition) is 2. The third-order valence-corrected chi connectivity index (χ3v) is 5.28. The highest BCUT2D eigenvalue weighted by molar-refractivity contribution is 5.82. The summed E-state index contributed by atoms with van der Waals surface area (Å²) in [4.78, 5) is 20.7. The predicted octanol–water partition coefficient (Wildman–Crippen LogP) is 1.58. The molecule has 0 unspecified atom stereocenters. The van der Waals surface area contributed by atoms with Gasteiger partial charge in [0.1, 0.15) is 24.1 Å². The molecule has 3 aliphatic heterocycles. The number of benzene rings is 1. The molecule has 0 spiro atoms. The molecule has 5 atom stereocenters. The van der Waals surface area contributed by atoms with Crippen molar-refractivity contribution in [2.45, 2.75) is 76.5 Å². The maximum atomic E-state index is 13.0. The predicted molar refractivity (Wildman–Crippen MR) is 100 cm³/mol. The quantitative estimate of drug-likeness (QED) is 0.802. The topological polar surface area (TPSA) is 104 Å². The van der Waals surface area contributed by atoms with Gasteiger partial charge in [-0.1, -0.05) is 12.1 Å². The van der Waals surface area contributed by atoms with Gasteiger partial charge in [0.25, 0.3) is 5.91 Å². The third kappa shape index (κ3) is 3.43. The molecule has 156 valence electrons. The number of amides is 1. The molecule has 3 saturated heterocycles. The fraction of sp³-hybridized carbons (Fsp3) is 0.600. The monoisotopic (exact) mass is 403 g/mol. The zero-order valence-electron chi connectivity index (χ0n) is 16.8. The molecular weight excluding hydrogens is 378 g/mol. The van der Waals surface area contributed by atoms with Crippen LogP contribution in [0, 0.1) is 0 Å². The third-order valence-electron chi connectivity index (χ3n) is 5.28. The number of nitrogens with zero attached hydrogens (tertiary/aromatic N) is 1. The Morgan fingerprint density at radius 1 is 1.03 bits per heavy atom. The van der Waals surface area contributed by atoms with Crippen LogP contribution in [0.5, 0.6) is 0 Å². The molecule has 0 saturated carbocycles. The molecular formula is C20H25N3O6. The summed E-state index contributed by atoms with van der Waals surface area (Å²) in [5.74, 6) is -1.32. The van der Waals surface area contributed by atoms with Gasteiger partial charge in [0.05, 0.1) is 17.6 Å². The number of ether oxygens (including phenoxy) is 5. The number of carbonyl (C=O) groups excluding carboxylic acids is 1. The number of rotatable bonds is 3. The van der Waals surface area contributed by atoms with E-state index in [1.165, 1.54) is 0 Å². The molecule has 5 rings (SSSR count). The van der Waals surface area contributed by atoms with E-state index in [1.807, 2.05) is 38.1 Å². The molecule has 9 heteroatoms. The van der Waals surface area contributed by atoms with E-state index in [9.17, 15) is 4.79 Å². The van der Waals surface area contributed by atoms with Crippen LogP contribution in [0.15, 0.2) is 24.3 Å². The number of fused-ring (bicyclic) bond motifs is 4. The minimum Gasteiger partial charge on any atom is -0.347 e. The Kier molecular flexibility index (Phi) is 4.24. The SMILES string of the molecule is CC1(C)O[C@@H]2[C@@H](O1)[C@@H](C(=O)NCc1nc3ccccc3[nH]1)O[C@H]1OC(C)(C)O[C@@H]12. The van der Waals surface area contributed by atoms with Crippen molar-refractivity contribution in [1.29, 1.82) is 0 Å². The van der Waals surface area contributed by atoms with Crippen molar-refractivity contribution in [2.24, 2.45) is 0 Å². The smallest absolute Gasteiger partial charge is 0.252 e. The second-order valence-electron chi connectivity index (χ2n) is 8.51. The standard InChI is InChI=1S/C20H25N3O6/c1-19(2)26-13-14(27-19)16-18(29-20(3,4)28-16)25-15(13)17(24)21-9-12-22-10-7-5-6-8-11(10)23-12/h5-8,13-16,18H,9H2,1-4H3,(H,21,24)(H,22,23)/t13-,14-,15+,16-,18+/m1/s1. The van der Waals surface area contributed by atoms with Gasteiger partial charge in [-0.3, -0.25) is 4.79 Å². The number of aromatic amines is 1. The van der Waals surface area contributed by atoms with Crippen molar-refractivity contribution in [1.82, 2.24) is 15.3 Å². The van der Waals surface area contributed by atoms with E-state index in [-0.39, 0.29) is 12.5 Å². The highest BCUT2D eigenvalue weighted by atomic mass is 16.9. The lowest BCUT2D eigenvalue weighted by Gasteiger charge is -2.36. The number of carbonyl (C=O) groups is 1. The largest absolute Gasteiger partial charge is 0.347 e. The molecule has 0 radical (unpaired) electrons. The highest BCUT2D eigenvalue weighted by Gasteiger charge is 2.62. The van der Waals surface area contributed by atoms with Gasteiger partial charge < -0.3 is 34.0 Å². The first-order valence-electron chi connectivity index (χ1n) is 9.79. The Morgan fingerprint density at radius 2 is 1.72 bits per heavy atom. The highest BCUT2D eigenvalue weighted by Crippen LogP contribution is 2.44. The average Bonchev–Trinajstić information content (AvgIpc) is 3.29. The van der Waals surface area contributed by atoms with Crippen molar-refractivity contribution in [3.63, 3.8) is 0 Å². The van der Waals surface area contributed by atoms with Crippen molar-refractivity contribution in [3.8, 4) is 0 Å². The van der Waals surface area contributed by atoms with Crippen LogP contribution in [0.4, 0.5) is 0 Å². The van der Waals surface area contributed by atoms with Crippen LogP contribution in [-0.2, 0) is 35.0 Å². The molecule has 9 nitrogen and oxygen atoms in total. The van der Waals surface area contributed by atoms with E-state index >= 15 is 0 Å². The minimum absolute atomic E-state index is 0.242. The summed E-state index contributed by atoms with van der Waals surface area (Å²) in [6.07, 6.45) is -3.11. The maximum Gasteiger partial charge on any atom is 0.252 e. The number of nitrogens with one attached hydrogen (secondary N) is 2. The second kappa shape index (κ2) is 6.48. The number of hydrogen-bond acceptors (Lipinski definition) is 7. The van der Waals surface area contributed by atoms with Crippen molar-refractivity contribution < 1.29 is 28.5 Å². The molecule has 29 heavy (non-hydrogen) atoms. The molecule has 0 bridgehead atoms. The van der Waals surface area contributed by atoms with Crippen molar-refractivity contribution in [2.75, 3.05) is 0 Å². The molecule has 1 amide bonds. The summed E-state index contributed by atoms with van der Waals surface area (Å²) in [6, 6.07) is 7.70. The number of para-hydroxylation sites is 2. The van der Waals surface area contributed by atoms with E-state index in [0.29, 0.717) is 5.82 Å². The van der Waals surface area contributed by atoms with Crippen LogP contribution < -0.4 is 5.32 Å². The fourth-order valence-electron chi connectivity index (χ4n) is 4.18. The van der Waals surface area contributed by atoms with Crippen LogP contribution in [0.1, 0.15) is 33.5 Å². The van der Waals surface area contributed by atoms with E-state index < -0.39 is 42.3 Å². The van der Waals surface area contributed by atoms with Crippen LogP contribution in [-0.4, -0.2) is 58.2 Å². The molecule has 0 aliphatic carbocycles. The van der Waals surface area contributed by atoms with Gasteiger partial charge in [0.15, 0.2) is 24.0 Å². The van der Waals surface area contributed by atoms with Gasteiger partial charge in [0, 0.05) is 0 Å². The normalized spacial score (nSPS) is 34.7. The summed E-state index contributed by atoms with van der Waals surface area (Å²) >= 11 is 0. The maximum absolute atomic E-state index is 13.0. The molecule has 3 aliphatic rings. The summed E-state index contributed by atoms with van der Waals surface area (Å²) in [5.41, 5.74) is 1.77. The zero-order valence-corrected chi connectivity index (χ0v) is 16.8. The van der Waals surface area contributed by atoms with Crippen LogP contribution >= 0.6 is 0 Å². The summed E-state index contributed by atoms with van der Waals surface area (Å²) < 4.78 is 29.8. The average molecular weight is 403 g/mol. The van der Waals surface area contributed by atoms with Gasteiger partial charge in [-0.2, -0.15) is 0 Å². The molecule has 3 fully saturated rings. The number of imidazole rings is 1. The Bertz CT molecular complexity index is 908. The van der Waals surface area contributed by atoms with E-state index in [2.05, 4.69) is 15.3 Å². The lowest BCUT2D eigenvalue weighted by atomic mass is 9.98. The number of aromatic nitrogens is 2. The first-order valence-corrected chi connectivity index (χ1v) is 9.79. The summed E-state index contributed by atoms with van der Waals surface area (Å²) in [6.45, 7) is 7.48. The van der Waals surface area contributed by atoms with Gasteiger partial charge in [-0.25, -0.2) is 4.98 Å². The van der Waals surface area contributed by atoms with Gasteiger partial charge in [-0.15, -0.1) is 0 Å².